The lowest BCUT2D eigenvalue weighted by molar-refractivity contribution is 0.341. The molecule has 1 aromatic heterocycles. The van der Waals surface area contributed by atoms with Crippen LogP contribution >= 0.6 is 11.6 Å². The second-order valence-corrected chi connectivity index (χ2v) is 4.52. The molecule has 0 amide bonds. The van der Waals surface area contributed by atoms with Gasteiger partial charge in [-0.1, -0.05) is 0 Å². The van der Waals surface area contributed by atoms with Gasteiger partial charge in [0.15, 0.2) is 0 Å². The van der Waals surface area contributed by atoms with E-state index in [-0.39, 0.29) is 0 Å². The summed E-state index contributed by atoms with van der Waals surface area (Å²) in [5.74, 6) is 1.41. The average molecular weight is 212 g/mol. The molecule has 3 nitrogen and oxygen atoms in total. The number of halogens is 1. The molecule has 0 spiro atoms. The van der Waals surface area contributed by atoms with Gasteiger partial charge in [-0.15, -0.1) is 11.6 Å². The fraction of sp³-hybridized carbons (Fsp3) is 0.600. The van der Waals surface area contributed by atoms with Crippen LogP contribution in [0.5, 0.6) is 0 Å². The summed E-state index contributed by atoms with van der Waals surface area (Å²) in [5, 5.41) is 3.60. The minimum atomic E-state index is 0.390. The SMILES string of the molecule is Cc1cnc(NCC2CC(Cl)C2)nc1. The van der Waals surface area contributed by atoms with Crippen molar-refractivity contribution in [3.8, 4) is 0 Å². The molecule has 0 unspecified atom stereocenters. The van der Waals surface area contributed by atoms with E-state index >= 15 is 0 Å². The van der Waals surface area contributed by atoms with E-state index in [1.165, 1.54) is 0 Å². The van der Waals surface area contributed by atoms with Crippen LogP contribution in [0.15, 0.2) is 12.4 Å². The summed E-state index contributed by atoms with van der Waals surface area (Å²) in [6.45, 7) is 2.92. The Hall–Kier alpha value is -0.830. The monoisotopic (exact) mass is 211 g/mol. The Kier molecular flexibility index (Phi) is 2.87. The van der Waals surface area contributed by atoms with Crippen LogP contribution in [0, 0.1) is 12.8 Å². The predicted molar refractivity (Wildman–Crippen MR) is 57.6 cm³/mol. The lowest BCUT2D eigenvalue weighted by Crippen LogP contribution is -2.30. The Bertz CT molecular complexity index is 293. The zero-order valence-corrected chi connectivity index (χ0v) is 8.96. The van der Waals surface area contributed by atoms with E-state index in [1.54, 1.807) is 0 Å². The third-order valence-electron chi connectivity index (χ3n) is 2.51. The van der Waals surface area contributed by atoms with Crippen LogP contribution < -0.4 is 5.32 Å². The van der Waals surface area contributed by atoms with Crippen molar-refractivity contribution in [1.29, 1.82) is 0 Å². The molecule has 1 saturated carbocycles. The Balaban J connectivity index is 1.78. The van der Waals surface area contributed by atoms with Crippen LogP contribution in [0.3, 0.4) is 0 Å². The Morgan fingerprint density at radius 3 is 2.64 bits per heavy atom. The zero-order chi connectivity index (χ0) is 9.97. The van der Waals surface area contributed by atoms with Crippen LogP contribution in [0.4, 0.5) is 5.95 Å². The van der Waals surface area contributed by atoms with Gasteiger partial charge < -0.3 is 5.32 Å². The summed E-state index contributed by atoms with van der Waals surface area (Å²) < 4.78 is 0. The Labute approximate surface area is 88.9 Å². The van der Waals surface area contributed by atoms with Gasteiger partial charge in [0, 0.05) is 24.3 Å². The number of rotatable bonds is 3. The predicted octanol–water partition coefficient (Wildman–Crippen LogP) is 2.21. The molecule has 1 fully saturated rings. The summed E-state index contributed by atoms with van der Waals surface area (Å²) in [5.41, 5.74) is 1.08. The second kappa shape index (κ2) is 4.13. The van der Waals surface area contributed by atoms with Crippen molar-refractivity contribution in [2.24, 2.45) is 5.92 Å². The molecule has 14 heavy (non-hydrogen) atoms. The first kappa shape index (κ1) is 9.71. The minimum Gasteiger partial charge on any atom is -0.354 e. The van der Waals surface area contributed by atoms with E-state index in [9.17, 15) is 0 Å². The molecule has 0 aromatic carbocycles. The van der Waals surface area contributed by atoms with Gasteiger partial charge in [-0.25, -0.2) is 9.97 Å². The van der Waals surface area contributed by atoms with Crippen LogP contribution in [0.1, 0.15) is 18.4 Å². The number of hydrogen-bond acceptors (Lipinski definition) is 3. The van der Waals surface area contributed by atoms with Crippen LogP contribution in [-0.2, 0) is 0 Å². The molecule has 1 N–H and O–H groups in total. The molecule has 76 valence electrons. The van der Waals surface area contributed by atoms with Gasteiger partial charge in [0.25, 0.3) is 0 Å². The van der Waals surface area contributed by atoms with Crippen molar-refractivity contribution in [2.75, 3.05) is 11.9 Å². The van der Waals surface area contributed by atoms with E-state index < -0.39 is 0 Å². The van der Waals surface area contributed by atoms with Gasteiger partial charge in [0.1, 0.15) is 0 Å². The van der Waals surface area contributed by atoms with Gasteiger partial charge in [0.2, 0.25) is 5.95 Å². The van der Waals surface area contributed by atoms with Crippen LogP contribution in [0.25, 0.3) is 0 Å². The van der Waals surface area contributed by atoms with Crippen molar-refractivity contribution in [1.82, 2.24) is 9.97 Å². The molecule has 0 aliphatic heterocycles. The van der Waals surface area contributed by atoms with Gasteiger partial charge >= 0.3 is 0 Å². The highest BCUT2D eigenvalue weighted by atomic mass is 35.5. The molecule has 4 heteroatoms. The molecule has 0 bridgehead atoms. The van der Waals surface area contributed by atoms with Crippen molar-refractivity contribution in [3.05, 3.63) is 18.0 Å². The summed E-state index contributed by atoms with van der Waals surface area (Å²) in [4.78, 5) is 8.34. The third kappa shape index (κ3) is 2.35. The van der Waals surface area contributed by atoms with Crippen molar-refractivity contribution in [2.45, 2.75) is 25.1 Å². The number of nitrogens with zero attached hydrogens (tertiary/aromatic N) is 2. The van der Waals surface area contributed by atoms with E-state index in [1.807, 2.05) is 19.3 Å². The second-order valence-electron chi connectivity index (χ2n) is 3.90. The molecular formula is C10H14ClN3. The van der Waals surface area contributed by atoms with Gasteiger partial charge in [0.05, 0.1) is 0 Å². The number of anilines is 1. The number of aryl methyl sites for hydroxylation is 1. The number of hydrogen-bond donors (Lipinski definition) is 1. The van der Waals surface area contributed by atoms with E-state index in [4.69, 9.17) is 11.6 Å². The molecule has 1 aliphatic rings. The Morgan fingerprint density at radius 1 is 1.43 bits per heavy atom. The summed E-state index contributed by atoms with van der Waals surface area (Å²) >= 11 is 5.89. The van der Waals surface area contributed by atoms with Crippen molar-refractivity contribution < 1.29 is 0 Å². The first-order valence-corrected chi connectivity index (χ1v) is 5.34. The molecular weight excluding hydrogens is 198 g/mol. The number of aromatic nitrogens is 2. The molecule has 0 radical (unpaired) electrons. The maximum absolute atomic E-state index is 5.89. The highest BCUT2D eigenvalue weighted by Crippen LogP contribution is 2.31. The molecule has 0 atom stereocenters. The summed E-state index contributed by atoms with van der Waals surface area (Å²) in [7, 11) is 0. The van der Waals surface area contributed by atoms with Crippen molar-refractivity contribution in [3.63, 3.8) is 0 Å². The largest absolute Gasteiger partial charge is 0.354 e. The van der Waals surface area contributed by atoms with E-state index in [0.717, 1.165) is 24.9 Å². The first-order chi connectivity index (χ1) is 6.74. The van der Waals surface area contributed by atoms with Gasteiger partial charge in [-0.3, -0.25) is 0 Å². The van der Waals surface area contributed by atoms with E-state index in [0.29, 0.717) is 17.2 Å². The highest BCUT2D eigenvalue weighted by Gasteiger charge is 2.26. The summed E-state index contributed by atoms with van der Waals surface area (Å²) in [6, 6.07) is 0. The standard InChI is InChI=1S/C10H14ClN3/c1-7-4-12-10(13-5-7)14-6-8-2-9(11)3-8/h4-5,8-9H,2-3,6H2,1H3,(H,12,13,14). The topological polar surface area (TPSA) is 37.8 Å². The summed E-state index contributed by atoms with van der Waals surface area (Å²) in [6.07, 6.45) is 5.86. The Morgan fingerprint density at radius 2 is 2.07 bits per heavy atom. The number of nitrogens with one attached hydrogen (secondary N) is 1. The molecule has 0 saturated heterocycles. The first-order valence-electron chi connectivity index (χ1n) is 4.90. The van der Waals surface area contributed by atoms with Gasteiger partial charge in [-0.05, 0) is 31.2 Å². The maximum atomic E-state index is 5.89. The van der Waals surface area contributed by atoms with Crippen LogP contribution in [-0.4, -0.2) is 21.9 Å². The lowest BCUT2D eigenvalue weighted by Gasteiger charge is -2.30. The van der Waals surface area contributed by atoms with Crippen LogP contribution in [0.2, 0.25) is 0 Å². The molecule has 2 rings (SSSR count). The van der Waals surface area contributed by atoms with Crippen molar-refractivity contribution >= 4 is 17.5 Å². The molecule has 1 aliphatic carbocycles. The highest BCUT2D eigenvalue weighted by molar-refractivity contribution is 6.21. The van der Waals surface area contributed by atoms with Gasteiger partial charge in [-0.2, -0.15) is 0 Å². The maximum Gasteiger partial charge on any atom is 0.222 e. The minimum absolute atomic E-state index is 0.390. The lowest BCUT2D eigenvalue weighted by atomic mass is 9.85. The third-order valence-corrected chi connectivity index (χ3v) is 2.86. The smallest absolute Gasteiger partial charge is 0.222 e. The molecule has 1 heterocycles. The number of alkyl halides is 1. The fourth-order valence-corrected chi connectivity index (χ4v) is 2.04. The quantitative estimate of drug-likeness (QED) is 0.780. The average Bonchev–Trinajstić information content (AvgIpc) is 2.13. The molecule has 1 aromatic rings. The zero-order valence-electron chi connectivity index (χ0n) is 8.20. The fourth-order valence-electron chi connectivity index (χ4n) is 1.54. The van der Waals surface area contributed by atoms with E-state index in [2.05, 4.69) is 15.3 Å². The normalized spacial score (nSPS) is 25.6.